The normalized spacial score (nSPS) is 23.8. The molecule has 4 heteroatoms. The number of nitrogens with zero attached hydrogens (tertiary/aromatic N) is 1. The maximum atomic E-state index is 6.30. The Morgan fingerprint density at radius 1 is 1.39 bits per heavy atom. The van der Waals surface area contributed by atoms with Gasteiger partial charge in [-0.3, -0.25) is 4.90 Å². The highest BCUT2D eigenvalue weighted by Gasteiger charge is 2.23. The molecule has 0 spiro atoms. The van der Waals surface area contributed by atoms with Gasteiger partial charge in [0.05, 0.1) is 5.02 Å². The molecule has 18 heavy (non-hydrogen) atoms. The minimum atomic E-state index is 0.256. The average molecular weight is 267 g/mol. The number of halogens is 1. The molecule has 0 radical (unpaired) electrons. The molecule has 1 aromatic carbocycles. The van der Waals surface area contributed by atoms with Gasteiger partial charge in [-0.15, -0.1) is 0 Å². The van der Waals surface area contributed by atoms with E-state index >= 15 is 0 Å². The zero-order valence-electron chi connectivity index (χ0n) is 10.7. The van der Waals surface area contributed by atoms with Crippen molar-refractivity contribution in [2.24, 2.45) is 0 Å². The highest BCUT2D eigenvalue weighted by atomic mass is 35.5. The highest BCUT2D eigenvalue weighted by Crippen LogP contribution is 2.37. The monoisotopic (exact) mass is 266 g/mol. The molecule has 1 saturated heterocycles. The van der Waals surface area contributed by atoms with E-state index < -0.39 is 0 Å². The van der Waals surface area contributed by atoms with Crippen molar-refractivity contribution < 1.29 is 4.74 Å². The van der Waals surface area contributed by atoms with Crippen LogP contribution < -0.4 is 10.1 Å². The van der Waals surface area contributed by atoms with Crippen molar-refractivity contribution in [2.75, 3.05) is 26.2 Å². The van der Waals surface area contributed by atoms with Gasteiger partial charge in [0.15, 0.2) is 0 Å². The zero-order valence-corrected chi connectivity index (χ0v) is 11.5. The largest absolute Gasteiger partial charge is 0.489 e. The third kappa shape index (κ3) is 2.48. The molecular weight excluding hydrogens is 248 g/mol. The van der Waals surface area contributed by atoms with E-state index in [1.165, 1.54) is 11.1 Å². The number of ether oxygens (including phenoxy) is 1. The fraction of sp³-hybridized carbons (Fsp3) is 0.571. The summed E-state index contributed by atoms with van der Waals surface area (Å²) >= 11 is 6.30. The smallest absolute Gasteiger partial charge is 0.141 e. The Morgan fingerprint density at radius 2 is 2.17 bits per heavy atom. The van der Waals surface area contributed by atoms with Crippen LogP contribution in [0, 0.1) is 0 Å². The lowest BCUT2D eigenvalue weighted by Gasteiger charge is -2.27. The lowest BCUT2D eigenvalue weighted by Crippen LogP contribution is -2.42. The van der Waals surface area contributed by atoms with Gasteiger partial charge in [-0.25, -0.2) is 0 Å². The molecule has 3 nitrogen and oxygen atoms in total. The van der Waals surface area contributed by atoms with Gasteiger partial charge in [-0.1, -0.05) is 17.7 Å². The van der Waals surface area contributed by atoms with Crippen LogP contribution >= 0.6 is 11.6 Å². The molecule has 2 aliphatic heterocycles. The van der Waals surface area contributed by atoms with Crippen LogP contribution in [0.1, 0.15) is 18.1 Å². The van der Waals surface area contributed by atoms with Crippen LogP contribution in [0.5, 0.6) is 5.75 Å². The van der Waals surface area contributed by atoms with Crippen LogP contribution in [-0.2, 0) is 13.0 Å². The Labute approximate surface area is 113 Å². The first-order valence-electron chi connectivity index (χ1n) is 6.63. The molecule has 0 aromatic heterocycles. The van der Waals surface area contributed by atoms with E-state index in [0.717, 1.165) is 49.9 Å². The third-order valence-electron chi connectivity index (χ3n) is 3.62. The first-order chi connectivity index (χ1) is 8.72. The SMILES string of the molecule is CC1Cc2cc(CN3CCNCC3)cc(Cl)c2O1. The Morgan fingerprint density at radius 3 is 2.94 bits per heavy atom. The summed E-state index contributed by atoms with van der Waals surface area (Å²) < 4.78 is 5.73. The van der Waals surface area contributed by atoms with E-state index in [-0.39, 0.29) is 6.10 Å². The lowest BCUT2D eigenvalue weighted by molar-refractivity contribution is 0.233. The second-order valence-electron chi connectivity index (χ2n) is 5.22. The van der Waals surface area contributed by atoms with Gasteiger partial charge < -0.3 is 10.1 Å². The van der Waals surface area contributed by atoms with E-state index in [9.17, 15) is 0 Å². The molecule has 1 fully saturated rings. The Hall–Kier alpha value is -0.770. The molecule has 2 heterocycles. The molecule has 1 atom stereocenters. The van der Waals surface area contributed by atoms with Gasteiger partial charge in [0.1, 0.15) is 11.9 Å². The van der Waals surface area contributed by atoms with Crippen LogP contribution in [-0.4, -0.2) is 37.2 Å². The maximum absolute atomic E-state index is 6.30. The molecule has 1 unspecified atom stereocenters. The number of hydrogen-bond acceptors (Lipinski definition) is 3. The summed E-state index contributed by atoms with van der Waals surface area (Å²) in [7, 11) is 0. The summed E-state index contributed by atoms with van der Waals surface area (Å²) in [6.45, 7) is 7.47. The molecule has 1 aromatic rings. The quantitative estimate of drug-likeness (QED) is 0.887. The fourth-order valence-electron chi connectivity index (χ4n) is 2.77. The van der Waals surface area contributed by atoms with Gasteiger partial charge in [-0.05, 0) is 24.1 Å². The predicted molar refractivity (Wildman–Crippen MR) is 73.4 cm³/mol. The first kappa shape index (κ1) is 12.3. The molecule has 1 N–H and O–H groups in total. The zero-order chi connectivity index (χ0) is 12.5. The number of fused-ring (bicyclic) bond motifs is 1. The van der Waals surface area contributed by atoms with E-state index in [4.69, 9.17) is 16.3 Å². The van der Waals surface area contributed by atoms with E-state index in [0.29, 0.717) is 0 Å². The molecule has 0 amide bonds. The van der Waals surface area contributed by atoms with Gasteiger partial charge in [-0.2, -0.15) is 0 Å². The fourth-order valence-corrected chi connectivity index (χ4v) is 3.07. The Bertz CT molecular complexity index is 444. The van der Waals surface area contributed by atoms with E-state index in [1.807, 2.05) is 0 Å². The van der Waals surface area contributed by atoms with Crippen molar-refractivity contribution in [2.45, 2.75) is 26.0 Å². The molecule has 0 saturated carbocycles. The number of piperazine rings is 1. The summed E-state index contributed by atoms with van der Waals surface area (Å²) in [6.07, 6.45) is 1.23. The Kier molecular flexibility index (Phi) is 3.46. The third-order valence-corrected chi connectivity index (χ3v) is 3.90. The molecule has 98 valence electrons. The maximum Gasteiger partial charge on any atom is 0.141 e. The summed E-state index contributed by atoms with van der Waals surface area (Å²) in [5, 5.41) is 4.14. The summed E-state index contributed by atoms with van der Waals surface area (Å²) in [4.78, 5) is 2.47. The van der Waals surface area contributed by atoms with Crippen molar-refractivity contribution in [3.63, 3.8) is 0 Å². The molecule has 2 aliphatic rings. The molecule has 3 rings (SSSR count). The van der Waals surface area contributed by atoms with E-state index in [2.05, 4.69) is 29.3 Å². The minimum Gasteiger partial charge on any atom is -0.489 e. The van der Waals surface area contributed by atoms with Crippen molar-refractivity contribution in [3.05, 3.63) is 28.3 Å². The van der Waals surface area contributed by atoms with Crippen molar-refractivity contribution in [1.82, 2.24) is 10.2 Å². The van der Waals surface area contributed by atoms with Crippen molar-refractivity contribution in [3.8, 4) is 5.75 Å². The molecule has 0 aliphatic carbocycles. The van der Waals surface area contributed by atoms with Gasteiger partial charge in [0.2, 0.25) is 0 Å². The van der Waals surface area contributed by atoms with Gasteiger partial charge in [0, 0.05) is 39.1 Å². The summed E-state index contributed by atoms with van der Waals surface area (Å²) in [5.74, 6) is 0.897. The van der Waals surface area contributed by atoms with Crippen LogP contribution in [0.4, 0.5) is 0 Å². The molecular formula is C14H19ClN2O. The standard InChI is InChI=1S/C14H19ClN2O/c1-10-6-12-7-11(8-13(15)14(12)18-10)9-17-4-2-16-3-5-17/h7-8,10,16H,2-6,9H2,1H3. The van der Waals surface area contributed by atoms with Crippen molar-refractivity contribution >= 4 is 11.6 Å². The second-order valence-corrected chi connectivity index (χ2v) is 5.63. The Balaban J connectivity index is 1.77. The number of benzene rings is 1. The van der Waals surface area contributed by atoms with Crippen LogP contribution in [0.2, 0.25) is 5.02 Å². The van der Waals surface area contributed by atoms with Gasteiger partial charge >= 0.3 is 0 Å². The number of rotatable bonds is 2. The first-order valence-corrected chi connectivity index (χ1v) is 7.01. The number of hydrogen-bond donors (Lipinski definition) is 1. The van der Waals surface area contributed by atoms with Gasteiger partial charge in [0.25, 0.3) is 0 Å². The lowest BCUT2D eigenvalue weighted by atomic mass is 10.1. The van der Waals surface area contributed by atoms with E-state index in [1.54, 1.807) is 0 Å². The average Bonchev–Trinajstić information content (AvgIpc) is 2.72. The second kappa shape index (κ2) is 5.08. The number of nitrogens with one attached hydrogen (secondary N) is 1. The summed E-state index contributed by atoms with van der Waals surface area (Å²) in [6, 6.07) is 4.31. The van der Waals surface area contributed by atoms with Crippen LogP contribution in [0.3, 0.4) is 0 Å². The van der Waals surface area contributed by atoms with Crippen LogP contribution in [0.15, 0.2) is 12.1 Å². The highest BCUT2D eigenvalue weighted by molar-refractivity contribution is 6.32. The topological polar surface area (TPSA) is 24.5 Å². The van der Waals surface area contributed by atoms with Crippen LogP contribution in [0.25, 0.3) is 0 Å². The molecule has 0 bridgehead atoms. The minimum absolute atomic E-state index is 0.256. The predicted octanol–water partition coefficient (Wildman–Crippen LogP) is 2.07. The van der Waals surface area contributed by atoms with Crippen molar-refractivity contribution in [1.29, 1.82) is 0 Å². The summed E-state index contributed by atoms with van der Waals surface area (Å²) in [5.41, 5.74) is 2.57.